The minimum atomic E-state index is -0.537. The van der Waals surface area contributed by atoms with E-state index in [0.29, 0.717) is 21.5 Å². The molecule has 0 saturated carbocycles. The first-order chi connectivity index (χ1) is 17.1. The van der Waals surface area contributed by atoms with Crippen LogP contribution in [0.1, 0.15) is 15.9 Å². The fourth-order valence-electron chi connectivity index (χ4n) is 3.64. The Morgan fingerprint density at radius 3 is 1.77 bits per heavy atom. The Kier molecular flexibility index (Phi) is 7.73. The van der Waals surface area contributed by atoms with Crippen LogP contribution in [0.25, 0.3) is 22.0 Å². The van der Waals surface area contributed by atoms with Crippen molar-refractivity contribution >= 4 is 22.7 Å². The Morgan fingerprint density at radius 2 is 1.17 bits per heavy atom. The summed E-state index contributed by atoms with van der Waals surface area (Å²) >= 11 is 0. The number of hydrogen-bond donors (Lipinski definition) is 1. The van der Waals surface area contributed by atoms with Crippen LogP contribution in [0.5, 0.6) is 0 Å². The van der Waals surface area contributed by atoms with Crippen LogP contribution in [0, 0.1) is 0 Å². The van der Waals surface area contributed by atoms with Crippen LogP contribution in [0.4, 0.5) is 0 Å². The number of nitrogens with two attached hydrogens (primary N) is 1. The molecule has 1 heterocycles. The lowest BCUT2D eigenvalue weighted by Gasteiger charge is -2.16. The van der Waals surface area contributed by atoms with Gasteiger partial charge in [-0.15, -0.1) is 0 Å². The normalized spacial score (nSPS) is 10.2. The van der Waals surface area contributed by atoms with Gasteiger partial charge in [0.05, 0.1) is 17.5 Å². The van der Waals surface area contributed by atoms with Crippen molar-refractivity contribution in [1.29, 1.82) is 0 Å². The summed E-state index contributed by atoms with van der Waals surface area (Å²) < 4.78 is 0. The van der Waals surface area contributed by atoms with E-state index >= 15 is 0 Å². The van der Waals surface area contributed by atoms with E-state index in [-0.39, 0.29) is 6.42 Å². The van der Waals surface area contributed by atoms with Gasteiger partial charge in [0.1, 0.15) is 0 Å². The van der Waals surface area contributed by atoms with Crippen LogP contribution in [0.2, 0.25) is 0 Å². The first kappa shape index (κ1) is 23.5. The number of imide groups is 1. The molecule has 0 spiro atoms. The van der Waals surface area contributed by atoms with Gasteiger partial charge in [-0.25, -0.2) is 10.9 Å². The molecule has 0 atom stereocenters. The summed E-state index contributed by atoms with van der Waals surface area (Å²) in [7, 11) is 0. The number of rotatable bonds is 4. The Labute approximate surface area is 204 Å². The zero-order valence-corrected chi connectivity index (χ0v) is 19.1. The first-order valence-electron chi connectivity index (χ1n) is 11.2. The topological polar surface area (TPSA) is 76.3 Å². The molecule has 0 aliphatic heterocycles. The highest BCUT2D eigenvalue weighted by Crippen LogP contribution is 2.18. The third-order valence-corrected chi connectivity index (χ3v) is 5.45. The van der Waals surface area contributed by atoms with Crippen LogP contribution >= 0.6 is 0 Å². The van der Waals surface area contributed by atoms with Gasteiger partial charge in [0, 0.05) is 11.6 Å². The van der Waals surface area contributed by atoms with E-state index in [4.69, 9.17) is 5.84 Å². The lowest BCUT2D eigenvalue weighted by molar-refractivity contribution is -0.128. The second kappa shape index (κ2) is 11.5. The molecule has 0 aliphatic carbocycles. The second-order valence-electron chi connectivity index (χ2n) is 7.84. The summed E-state index contributed by atoms with van der Waals surface area (Å²) in [5, 5.41) is 1.34. The predicted molar refractivity (Wildman–Crippen MR) is 139 cm³/mol. The molecule has 0 unspecified atom stereocenters. The van der Waals surface area contributed by atoms with Crippen molar-refractivity contribution in [2.75, 3.05) is 0 Å². The number of hydrazine groups is 1. The lowest BCUT2D eigenvalue weighted by Crippen LogP contribution is -2.43. The smallest absolute Gasteiger partial charge is 0.273 e. The number of pyridine rings is 1. The van der Waals surface area contributed by atoms with Gasteiger partial charge in [0.15, 0.2) is 0 Å². The summed E-state index contributed by atoms with van der Waals surface area (Å²) in [6.07, 6.45) is 1.61. The minimum Gasteiger partial charge on any atom is -0.273 e. The third-order valence-electron chi connectivity index (χ3n) is 5.45. The molecule has 1 aromatic heterocycles. The average molecular weight is 460 g/mol. The van der Waals surface area contributed by atoms with Crippen LogP contribution in [0.15, 0.2) is 128 Å². The number of carbonyl (C=O) groups excluding carboxylic acids is 2. The van der Waals surface area contributed by atoms with Gasteiger partial charge in [0.2, 0.25) is 5.91 Å². The number of hydrogen-bond acceptors (Lipinski definition) is 4. The molecule has 35 heavy (non-hydrogen) atoms. The van der Waals surface area contributed by atoms with Crippen LogP contribution in [-0.4, -0.2) is 21.8 Å². The number of benzene rings is 4. The largest absolute Gasteiger partial charge is 0.275 e. The molecular formula is C30H25N3O2. The summed E-state index contributed by atoms with van der Waals surface area (Å²) in [5.41, 5.74) is 4.40. The highest BCUT2D eigenvalue weighted by Gasteiger charge is 2.21. The van der Waals surface area contributed by atoms with Gasteiger partial charge in [-0.1, -0.05) is 109 Å². The first-order valence-corrected chi connectivity index (χ1v) is 11.2. The standard InChI is InChI=1S/C18H15N3O2.C12H10/c19-21(17(22)12-13-6-2-1-3-7-13)18(23)15-10-11-20-16-9-5-4-8-14(15)16;1-3-7-11(8-4-1)12-9-5-2-6-10-12/h1-11H,12,19H2;1-10H. The number of nitrogens with zero attached hydrogens (tertiary/aromatic N) is 2. The fourth-order valence-corrected chi connectivity index (χ4v) is 3.64. The monoisotopic (exact) mass is 459 g/mol. The van der Waals surface area contributed by atoms with E-state index in [1.807, 2.05) is 54.6 Å². The van der Waals surface area contributed by atoms with Crippen LogP contribution < -0.4 is 5.84 Å². The Balaban J connectivity index is 0.000000201. The molecule has 0 radical (unpaired) electrons. The van der Waals surface area contributed by atoms with Crippen molar-refractivity contribution in [2.24, 2.45) is 5.84 Å². The molecule has 172 valence electrons. The molecular weight excluding hydrogens is 434 g/mol. The lowest BCUT2D eigenvalue weighted by atomic mass is 10.1. The molecule has 5 aromatic rings. The van der Waals surface area contributed by atoms with E-state index in [1.54, 1.807) is 18.2 Å². The molecule has 0 bridgehead atoms. The summed E-state index contributed by atoms with van der Waals surface area (Å²) in [6, 6.07) is 38.8. The maximum Gasteiger partial charge on any atom is 0.275 e. The van der Waals surface area contributed by atoms with E-state index < -0.39 is 11.8 Å². The van der Waals surface area contributed by atoms with Gasteiger partial charge in [0.25, 0.3) is 5.91 Å². The van der Waals surface area contributed by atoms with Gasteiger partial charge in [-0.3, -0.25) is 14.6 Å². The summed E-state index contributed by atoms with van der Waals surface area (Å²) in [6.45, 7) is 0. The Morgan fingerprint density at radius 1 is 0.657 bits per heavy atom. The van der Waals surface area contributed by atoms with Gasteiger partial charge in [-0.2, -0.15) is 0 Å². The molecule has 5 rings (SSSR count). The zero-order valence-electron chi connectivity index (χ0n) is 19.1. The number of aromatic nitrogens is 1. The van der Waals surface area contributed by atoms with Gasteiger partial charge >= 0.3 is 0 Å². The average Bonchev–Trinajstić information content (AvgIpc) is 2.94. The van der Waals surface area contributed by atoms with Gasteiger partial charge in [-0.05, 0) is 28.8 Å². The molecule has 2 N–H and O–H groups in total. The maximum absolute atomic E-state index is 12.5. The number of fused-ring (bicyclic) bond motifs is 1. The Hall–Kier alpha value is -4.61. The van der Waals surface area contributed by atoms with Crippen LogP contribution in [0.3, 0.4) is 0 Å². The molecule has 0 fully saturated rings. The maximum atomic E-state index is 12.5. The van der Waals surface area contributed by atoms with E-state index in [1.165, 1.54) is 17.3 Å². The molecule has 5 heteroatoms. The van der Waals surface area contributed by atoms with E-state index in [9.17, 15) is 9.59 Å². The number of amides is 2. The van der Waals surface area contributed by atoms with Crippen molar-refractivity contribution < 1.29 is 9.59 Å². The summed E-state index contributed by atoms with van der Waals surface area (Å²) in [5.74, 6) is 4.75. The minimum absolute atomic E-state index is 0.0755. The van der Waals surface area contributed by atoms with Crippen molar-refractivity contribution in [3.63, 3.8) is 0 Å². The van der Waals surface area contributed by atoms with Crippen molar-refractivity contribution in [2.45, 2.75) is 6.42 Å². The third kappa shape index (κ3) is 6.05. The number of para-hydroxylation sites is 1. The van der Waals surface area contributed by atoms with E-state index in [2.05, 4.69) is 53.5 Å². The zero-order chi connectivity index (χ0) is 24.5. The SMILES string of the molecule is NN(C(=O)Cc1ccccc1)C(=O)c1ccnc2ccccc12.c1ccc(-c2ccccc2)cc1. The highest BCUT2D eigenvalue weighted by atomic mass is 16.2. The van der Waals surface area contributed by atoms with Gasteiger partial charge < -0.3 is 0 Å². The quantitative estimate of drug-likeness (QED) is 0.213. The molecule has 4 aromatic carbocycles. The fraction of sp³-hybridized carbons (Fsp3) is 0.0333. The predicted octanol–water partition coefficient (Wildman–Crippen LogP) is 5.67. The Bertz CT molecular complexity index is 1360. The molecule has 5 nitrogen and oxygen atoms in total. The molecule has 2 amide bonds. The molecule has 0 aliphatic rings. The van der Waals surface area contributed by atoms with E-state index in [0.717, 1.165) is 5.56 Å². The number of carbonyl (C=O) groups is 2. The van der Waals surface area contributed by atoms with Crippen molar-refractivity contribution in [3.05, 3.63) is 139 Å². The summed E-state index contributed by atoms with van der Waals surface area (Å²) in [4.78, 5) is 29.0. The second-order valence-corrected chi connectivity index (χ2v) is 7.84. The molecule has 0 saturated heterocycles. The highest BCUT2D eigenvalue weighted by molar-refractivity contribution is 6.11. The van der Waals surface area contributed by atoms with Crippen molar-refractivity contribution in [3.8, 4) is 11.1 Å². The van der Waals surface area contributed by atoms with Crippen LogP contribution in [-0.2, 0) is 11.2 Å². The van der Waals surface area contributed by atoms with Crippen molar-refractivity contribution in [1.82, 2.24) is 9.99 Å².